The van der Waals surface area contributed by atoms with Crippen LogP contribution in [0.2, 0.25) is 0 Å². The molecule has 2 fully saturated rings. The molecular weight excluding hydrogens is 350 g/mol. The first-order chi connectivity index (χ1) is 13.5. The number of allylic oxidation sites excluding steroid dienone is 3. The van der Waals surface area contributed by atoms with Crippen LogP contribution in [0, 0.1) is 28.6 Å². The Balaban J connectivity index is 0.000000612. The fraction of sp³-hybridized carbons (Fsp3) is 0.750. The molecule has 0 amide bonds. The average molecular weight is 392 g/mol. The van der Waals surface area contributed by atoms with Gasteiger partial charge in [0.1, 0.15) is 0 Å². The number of nitriles is 1. The van der Waals surface area contributed by atoms with Crippen LogP contribution >= 0.6 is 0 Å². The summed E-state index contributed by atoms with van der Waals surface area (Å²) in [5.41, 5.74) is 0.217. The molecule has 0 bridgehead atoms. The third kappa shape index (κ3) is 10.1. The normalized spacial score (nSPS) is 23.7. The Kier molecular flexibility index (Phi) is 15.4. The maximum absolute atomic E-state index is 10.3. The van der Waals surface area contributed by atoms with Gasteiger partial charge in [-0.1, -0.05) is 57.4 Å². The predicted octanol–water partition coefficient (Wildman–Crippen LogP) is 6.27. The van der Waals surface area contributed by atoms with E-state index in [9.17, 15) is 5.11 Å². The van der Waals surface area contributed by atoms with Gasteiger partial charge in [0.25, 0.3) is 6.47 Å². The zero-order chi connectivity index (χ0) is 21.3. The second-order valence-electron chi connectivity index (χ2n) is 7.96. The molecule has 0 radical (unpaired) electrons. The van der Waals surface area contributed by atoms with E-state index in [1.807, 2.05) is 0 Å². The molecular formula is C24H41NO3. The van der Waals surface area contributed by atoms with Crippen molar-refractivity contribution < 1.29 is 15.0 Å². The Bertz CT molecular complexity index is 483. The molecule has 4 nitrogen and oxygen atoms in total. The second-order valence-corrected chi connectivity index (χ2v) is 7.96. The van der Waals surface area contributed by atoms with Gasteiger partial charge in [-0.2, -0.15) is 5.26 Å². The van der Waals surface area contributed by atoms with Crippen molar-refractivity contribution in [1.29, 1.82) is 5.26 Å². The van der Waals surface area contributed by atoms with Gasteiger partial charge in [-0.15, -0.1) is 0 Å². The van der Waals surface area contributed by atoms with Crippen LogP contribution in [0.5, 0.6) is 0 Å². The first kappa shape index (κ1) is 26.4. The summed E-state index contributed by atoms with van der Waals surface area (Å²) in [5.74, 6) is 0.832. The number of aliphatic hydroxyl groups excluding tert-OH is 1. The van der Waals surface area contributed by atoms with Crippen LogP contribution in [0.15, 0.2) is 24.3 Å². The molecule has 2 aliphatic carbocycles. The number of aliphatic hydroxyl groups is 1. The average Bonchev–Trinajstić information content (AvgIpc) is 3.11. The predicted molar refractivity (Wildman–Crippen MR) is 116 cm³/mol. The highest BCUT2D eigenvalue weighted by molar-refractivity contribution is 5.32. The highest BCUT2D eigenvalue weighted by Crippen LogP contribution is 2.47. The summed E-state index contributed by atoms with van der Waals surface area (Å²) in [7, 11) is 0. The Morgan fingerprint density at radius 3 is 2.36 bits per heavy atom. The number of unbranched alkanes of at least 4 members (excludes halogenated alkanes) is 2. The summed E-state index contributed by atoms with van der Waals surface area (Å²) in [6.45, 7) is 6.22. The minimum absolute atomic E-state index is 0.166. The van der Waals surface area contributed by atoms with Gasteiger partial charge < -0.3 is 10.2 Å². The maximum atomic E-state index is 10.3. The second kappa shape index (κ2) is 16.4. The molecule has 0 saturated heterocycles. The standard InChI is InChI=1S/C16H25NO.C7H14.CH2O2/c1-2-16(9-4-10-16)15(18)6-3-5-13-7-8-14(11-13)12-17;1-3-5-7-6-4-2;2-1-3/h3,5,13-15,18H,2,4,6-11H2,1H3;3,5H,4,6-7H2,1-2H3;1H,(H,2,3)/b5-3+;5-3-;. The molecule has 2 rings (SSSR count). The van der Waals surface area contributed by atoms with Gasteiger partial charge >= 0.3 is 0 Å². The summed E-state index contributed by atoms with van der Waals surface area (Å²) in [4.78, 5) is 8.36. The van der Waals surface area contributed by atoms with Gasteiger partial charge in [-0.3, -0.25) is 4.79 Å². The molecule has 0 aromatic rings. The van der Waals surface area contributed by atoms with Gasteiger partial charge in [0.2, 0.25) is 0 Å². The Hall–Kier alpha value is -1.60. The lowest BCUT2D eigenvalue weighted by atomic mass is 9.63. The van der Waals surface area contributed by atoms with Crippen molar-refractivity contribution in [2.75, 3.05) is 0 Å². The number of rotatable bonds is 8. The summed E-state index contributed by atoms with van der Waals surface area (Å²) >= 11 is 0. The van der Waals surface area contributed by atoms with Crippen molar-refractivity contribution >= 4 is 6.47 Å². The molecule has 28 heavy (non-hydrogen) atoms. The summed E-state index contributed by atoms with van der Waals surface area (Å²) in [5, 5.41) is 26.0. The summed E-state index contributed by atoms with van der Waals surface area (Å²) < 4.78 is 0. The van der Waals surface area contributed by atoms with Crippen LogP contribution in [-0.2, 0) is 4.79 Å². The Morgan fingerprint density at radius 1 is 1.25 bits per heavy atom. The molecule has 2 aliphatic rings. The van der Waals surface area contributed by atoms with Crippen molar-refractivity contribution in [3.8, 4) is 6.07 Å². The van der Waals surface area contributed by atoms with Crippen LogP contribution in [0.4, 0.5) is 0 Å². The number of hydrogen-bond donors (Lipinski definition) is 2. The van der Waals surface area contributed by atoms with E-state index in [0.717, 1.165) is 32.1 Å². The van der Waals surface area contributed by atoms with Crippen LogP contribution < -0.4 is 0 Å². The van der Waals surface area contributed by atoms with Crippen molar-refractivity contribution in [2.45, 2.75) is 97.5 Å². The Morgan fingerprint density at radius 2 is 1.93 bits per heavy atom. The number of carbonyl (C=O) groups is 1. The molecule has 160 valence electrons. The first-order valence-corrected chi connectivity index (χ1v) is 11.0. The number of nitrogens with zero attached hydrogens (tertiary/aromatic N) is 1. The lowest BCUT2D eigenvalue weighted by Crippen LogP contribution is -2.40. The number of hydrogen-bond acceptors (Lipinski definition) is 3. The highest BCUT2D eigenvalue weighted by Gasteiger charge is 2.40. The van der Waals surface area contributed by atoms with Crippen LogP contribution in [0.1, 0.15) is 91.4 Å². The molecule has 0 heterocycles. The molecule has 4 heteroatoms. The topological polar surface area (TPSA) is 81.3 Å². The SMILES string of the molecule is C/C=C\CCCC.CCC1(C(O)C/C=C/C2CCC(C#N)C2)CCC1.O=CO. The minimum atomic E-state index is -0.250. The van der Waals surface area contributed by atoms with E-state index in [1.54, 1.807) is 0 Å². The molecule has 2 N–H and O–H groups in total. The smallest absolute Gasteiger partial charge is 0.290 e. The van der Waals surface area contributed by atoms with Gasteiger partial charge in [0.05, 0.1) is 12.2 Å². The van der Waals surface area contributed by atoms with E-state index < -0.39 is 0 Å². The maximum Gasteiger partial charge on any atom is 0.290 e. The molecule has 0 aromatic carbocycles. The third-order valence-corrected chi connectivity index (χ3v) is 6.14. The fourth-order valence-corrected chi connectivity index (χ4v) is 4.00. The van der Waals surface area contributed by atoms with Gasteiger partial charge in [-0.25, -0.2) is 0 Å². The molecule has 3 atom stereocenters. The minimum Gasteiger partial charge on any atom is -0.483 e. The zero-order valence-corrected chi connectivity index (χ0v) is 18.1. The zero-order valence-electron chi connectivity index (χ0n) is 18.1. The van der Waals surface area contributed by atoms with E-state index >= 15 is 0 Å². The Labute approximate surface area is 172 Å². The van der Waals surface area contributed by atoms with Crippen LogP contribution in [-0.4, -0.2) is 22.8 Å². The molecule has 2 saturated carbocycles. The van der Waals surface area contributed by atoms with E-state index in [-0.39, 0.29) is 23.9 Å². The van der Waals surface area contributed by atoms with Gasteiger partial charge in [-0.05, 0) is 69.6 Å². The lowest BCUT2D eigenvalue weighted by Gasteiger charge is -2.45. The van der Waals surface area contributed by atoms with Crippen molar-refractivity contribution in [2.24, 2.45) is 17.3 Å². The highest BCUT2D eigenvalue weighted by atomic mass is 16.3. The molecule has 0 aromatic heterocycles. The van der Waals surface area contributed by atoms with Crippen molar-refractivity contribution in [3.05, 3.63) is 24.3 Å². The van der Waals surface area contributed by atoms with Crippen molar-refractivity contribution in [1.82, 2.24) is 0 Å². The van der Waals surface area contributed by atoms with E-state index in [4.69, 9.17) is 15.2 Å². The quantitative estimate of drug-likeness (QED) is 0.290. The molecule has 0 aliphatic heterocycles. The third-order valence-electron chi connectivity index (χ3n) is 6.14. The first-order valence-electron chi connectivity index (χ1n) is 11.0. The largest absolute Gasteiger partial charge is 0.483 e. The molecule has 0 spiro atoms. The number of carboxylic acid groups (broad SMARTS) is 1. The molecule has 3 unspecified atom stereocenters. The summed E-state index contributed by atoms with van der Waals surface area (Å²) in [6, 6.07) is 2.36. The van der Waals surface area contributed by atoms with E-state index in [1.165, 1.54) is 38.5 Å². The van der Waals surface area contributed by atoms with E-state index in [0.29, 0.717) is 5.92 Å². The van der Waals surface area contributed by atoms with Crippen LogP contribution in [0.25, 0.3) is 0 Å². The van der Waals surface area contributed by atoms with Gasteiger partial charge in [0, 0.05) is 5.92 Å². The van der Waals surface area contributed by atoms with Crippen molar-refractivity contribution in [3.63, 3.8) is 0 Å². The fourth-order valence-electron chi connectivity index (χ4n) is 4.00. The lowest BCUT2D eigenvalue weighted by molar-refractivity contribution is -0.122. The summed E-state index contributed by atoms with van der Waals surface area (Å²) in [6.07, 6.45) is 21.2. The van der Waals surface area contributed by atoms with E-state index in [2.05, 4.69) is 51.1 Å². The van der Waals surface area contributed by atoms with Crippen LogP contribution in [0.3, 0.4) is 0 Å². The van der Waals surface area contributed by atoms with Gasteiger partial charge in [0.15, 0.2) is 0 Å². The monoisotopic (exact) mass is 391 g/mol.